The van der Waals surface area contributed by atoms with E-state index in [1.165, 1.54) is 11.3 Å². The smallest absolute Gasteiger partial charge is 0.279 e. The molecule has 0 saturated heterocycles. The van der Waals surface area contributed by atoms with E-state index in [9.17, 15) is 4.79 Å². The van der Waals surface area contributed by atoms with Gasteiger partial charge in [0.25, 0.3) is 5.91 Å². The molecule has 1 amide bonds. The highest BCUT2D eigenvalue weighted by Gasteiger charge is 2.31. The van der Waals surface area contributed by atoms with E-state index in [0.29, 0.717) is 28.6 Å². The van der Waals surface area contributed by atoms with Crippen LogP contribution in [0.2, 0.25) is 0 Å². The van der Waals surface area contributed by atoms with Gasteiger partial charge in [0.2, 0.25) is 4.80 Å². The number of aromatic nitrogens is 1. The molecule has 0 saturated carbocycles. The lowest BCUT2D eigenvalue weighted by Gasteiger charge is -2.11. The molecule has 2 heterocycles. The third-order valence-electron chi connectivity index (χ3n) is 4.89. The number of methoxy groups -OCH3 is 2. The van der Waals surface area contributed by atoms with Gasteiger partial charge in [0.15, 0.2) is 5.71 Å². The van der Waals surface area contributed by atoms with Crippen molar-refractivity contribution in [3.05, 3.63) is 58.2 Å². The number of benzene rings is 2. The van der Waals surface area contributed by atoms with Crippen LogP contribution in [0, 0.1) is 0 Å². The number of hydrogen-bond donors (Lipinski definition) is 0. The highest BCUT2D eigenvalue weighted by atomic mass is 32.1. The van der Waals surface area contributed by atoms with Gasteiger partial charge in [0, 0.05) is 30.1 Å². The van der Waals surface area contributed by atoms with Gasteiger partial charge in [-0.25, -0.2) is 4.68 Å². The zero-order valence-corrected chi connectivity index (χ0v) is 18.1. The second-order valence-electron chi connectivity index (χ2n) is 6.59. The summed E-state index contributed by atoms with van der Waals surface area (Å²) in [5, 5.41) is 6.74. The molecule has 0 unspecified atom stereocenters. The molecule has 154 valence electrons. The summed E-state index contributed by atoms with van der Waals surface area (Å²) < 4.78 is 12.7. The zero-order valence-electron chi connectivity index (χ0n) is 17.2. The number of fused-ring (bicyclic) bond motifs is 1. The minimum absolute atomic E-state index is 0.152. The topological polar surface area (TPSA) is 68.4 Å². The fraction of sp³-hybridized carbons (Fsp3) is 0.227. The molecule has 30 heavy (non-hydrogen) atoms. The Bertz CT molecular complexity index is 1210. The van der Waals surface area contributed by atoms with E-state index < -0.39 is 0 Å². The predicted molar refractivity (Wildman–Crippen MR) is 119 cm³/mol. The lowest BCUT2D eigenvalue weighted by molar-refractivity contribution is -0.112. The standard InChI is InChI=1S/C22H22N4O3S/c1-5-23-22-26(24-20-15-8-6-7-9-17(15)25(2)21(20)27)18(13-30-22)16-12-14(28-3)10-11-19(16)29-4/h6-13H,5H2,1-4H3. The second kappa shape index (κ2) is 8.16. The Hall–Kier alpha value is -3.39. The van der Waals surface area contributed by atoms with Gasteiger partial charge in [0.1, 0.15) is 11.5 Å². The molecule has 2 aromatic carbocycles. The Morgan fingerprint density at radius 1 is 1.07 bits per heavy atom. The third kappa shape index (κ3) is 3.29. The highest BCUT2D eigenvalue weighted by molar-refractivity contribution is 7.07. The minimum atomic E-state index is -0.152. The van der Waals surface area contributed by atoms with Crippen LogP contribution in [-0.4, -0.2) is 44.1 Å². The number of anilines is 1. The fourth-order valence-electron chi connectivity index (χ4n) is 3.39. The van der Waals surface area contributed by atoms with E-state index in [1.807, 2.05) is 54.8 Å². The van der Waals surface area contributed by atoms with E-state index in [-0.39, 0.29) is 5.91 Å². The van der Waals surface area contributed by atoms with Crippen molar-refractivity contribution < 1.29 is 14.3 Å². The normalized spacial score (nSPS) is 15.1. The first-order valence-electron chi connectivity index (χ1n) is 9.48. The number of nitrogens with zero attached hydrogens (tertiary/aromatic N) is 4. The molecule has 4 rings (SSSR count). The average molecular weight is 423 g/mol. The third-order valence-corrected chi connectivity index (χ3v) is 5.74. The number of amides is 1. The van der Waals surface area contributed by atoms with Crippen molar-refractivity contribution in [2.75, 3.05) is 32.7 Å². The molecule has 1 aliphatic heterocycles. The Kier molecular flexibility index (Phi) is 5.41. The minimum Gasteiger partial charge on any atom is -0.497 e. The molecular formula is C22H22N4O3S. The van der Waals surface area contributed by atoms with Crippen molar-refractivity contribution in [2.45, 2.75) is 6.92 Å². The van der Waals surface area contributed by atoms with Crippen molar-refractivity contribution >= 4 is 28.6 Å². The van der Waals surface area contributed by atoms with E-state index in [2.05, 4.69) is 4.99 Å². The quantitative estimate of drug-likeness (QED) is 0.633. The SMILES string of the molecule is CCN=c1scc(-c2cc(OC)ccc2OC)n1N=C1C(=O)N(C)c2ccccc21. The van der Waals surface area contributed by atoms with Gasteiger partial charge in [-0.15, -0.1) is 11.3 Å². The Labute approximate surface area is 178 Å². The Morgan fingerprint density at radius 2 is 1.87 bits per heavy atom. The maximum absolute atomic E-state index is 12.9. The summed E-state index contributed by atoms with van der Waals surface area (Å²) in [7, 11) is 5.00. The molecule has 7 nitrogen and oxygen atoms in total. The van der Waals surface area contributed by atoms with Crippen LogP contribution >= 0.6 is 11.3 Å². The number of hydrogen-bond acceptors (Lipinski definition) is 6. The highest BCUT2D eigenvalue weighted by Crippen LogP contribution is 2.34. The van der Waals surface area contributed by atoms with Crippen LogP contribution in [-0.2, 0) is 4.79 Å². The maximum Gasteiger partial charge on any atom is 0.279 e. The van der Waals surface area contributed by atoms with E-state index >= 15 is 0 Å². The summed E-state index contributed by atoms with van der Waals surface area (Å²) in [4.78, 5) is 19.8. The molecule has 0 atom stereocenters. The van der Waals surface area contributed by atoms with Gasteiger partial charge in [-0.2, -0.15) is 5.10 Å². The molecule has 0 radical (unpaired) electrons. The van der Waals surface area contributed by atoms with Gasteiger partial charge < -0.3 is 14.4 Å². The van der Waals surface area contributed by atoms with Crippen molar-refractivity contribution in [1.82, 2.24) is 4.68 Å². The molecule has 0 spiro atoms. The largest absolute Gasteiger partial charge is 0.497 e. The monoisotopic (exact) mass is 422 g/mol. The summed E-state index contributed by atoms with van der Waals surface area (Å²) in [5.74, 6) is 1.23. The van der Waals surface area contributed by atoms with Crippen molar-refractivity contribution in [1.29, 1.82) is 0 Å². The lowest BCUT2D eigenvalue weighted by Crippen LogP contribution is -2.27. The van der Waals surface area contributed by atoms with Crippen molar-refractivity contribution in [3.8, 4) is 22.8 Å². The van der Waals surface area contributed by atoms with Crippen LogP contribution in [0.25, 0.3) is 11.3 Å². The molecule has 0 N–H and O–H groups in total. The van der Waals surface area contributed by atoms with E-state index in [0.717, 1.165) is 22.5 Å². The first kappa shape index (κ1) is 19.9. The first-order chi connectivity index (χ1) is 14.6. The van der Waals surface area contributed by atoms with Gasteiger partial charge >= 0.3 is 0 Å². The molecule has 1 aliphatic rings. The summed E-state index contributed by atoms with van der Waals surface area (Å²) >= 11 is 1.46. The number of thiazole rings is 1. The maximum atomic E-state index is 12.9. The average Bonchev–Trinajstić information content (AvgIpc) is 3.28. The number of carbonyl (C=O) groups is 1. The number of ether oxygens (including phenoxy) is 2. The van der Waals surface area contributed by atoms with Gasteiger partial charge in [0.05, 0.1) is 25.6 Å². The molecule has 0 aliphatic carbocycles. The van der Waals surface area contributed by atoms with Gasteiger partial charge in [-0.3, -0.25) is 9.79 Å². The molecular weight excluding hydrogens is 400 g/mol. The van der Waals surface area contributed by atoms with Crippen LogP contribution in [0.4, 0.5) is 5.69 Å². The van der Waals surface area contributed by atoms with Crippen molar-refractivity contribution in [2.24, 2.45) is 10.1 Å². The van der Waals surface area contributed by atoms with E-state index in [1.54, 1.807) is 30.8 Å². The van der Waals surface area contributed by atoms with Gasteiger partial charge in [-0.05, 0) is 31.2 Å². The molecule has 3 aromatic rings. The van der Waals surface area contributed by atoms with Crippen LogP contribution < -0.4 is 19.2 Å². The van der Waals surface area contributed by atoms with Crippen LogP contribution in [0.15, 0.2) is 57.9 Å². The summed E-state index contributed by atoms with van der Waals surface area (Å²) in [6.07, 6.45) is 0. The number of carbonyl (C=O) groups excluding carboxylic acids is 1. The zero-order chi connectivity index (χ0) is 21.3. The van der Waals surface area contributed by atoms with Crippen molar-refractivity contribution in [3.63, 3.8) is 0 Å². The van der Waals surface area contributed by atoms with Gasteiger partial charge in [-0.1, -0.05) is 18.2 Å². The molecule has 8 heteroatoms. The lowest BCUT2D eigenvalue weighted by atomic mass is 10.1. The second-order valence-corrected chi connectivity index (χ2v) is 7.42. The summed E-state index contributed by atoms with van der Waals surface area (Å²) in [5.41, 5.74) is 3.60. The predicted octanol–water partition coefficient (Wildman–Crippen LogP) is 3.38. The summed E-state index contributed by atoms with van der Waals surface area (Å²) in [6.45, 7) is 2.57. The summed E-state index contributed by atoms with van der Waals surface area (Å²) in [6, 6.07) is 13.2. The molecule has 1 aromatic heterocycles. The number of para-hydroxylation sites is 1. The Balaban J connectivity index is 1.97. The fourth-order valence-corrected chi connectivity index (χ4v) is 4.27. The number of rotatable bonds is 5. The first-order valence-corrected chi connectivity index (χ1v) is 10.4. The molecule has 0 bridgehead atoms. The van der Waals surface area contributed by atoms with E-state index in [4.69, 9.17) is 14.6 Å². The number of likely N-dealkylation sites (N-methyl/N-ethyl adjacent to an activating group) is 1. The van der Waals surface area contributed by atoms with Crippen LogP contribution in [0.3, 0.4) is 0 Å². The van der Waals surface area contributed by atoms with Crippen LogP contribution in [0.5, 0.6) is 11.5 Å². The van der Waals surface area contributed by atoms with Crippen LogP contribution in [0.1, 0.15) is 12.5 Å². The Morgan fingerprint density at radius 3 is 2.60 bits per heavy atom. The molecule has 0 fully saturated rings.